The maximum Gasteiger partial charge on any atom is 0.263 e. The molecule has 3 rings (SSSR count). The largest absolute Gasteiger partial charge is 0.481 e. The summed E-state index contributed by atoms with van der Waals surface area (Å²) in [5, 5.41) is 1.06. The highest BCUT2D eigenvalue weighted by atomic mass is 19.2. The molecule has 0 unspecified atom stereocenters. The van der Waals surface area contributed by atoms with E-state index in [1.54, 1.807) is 11.8 Å². The number of rotatable bonds is 6. The number of nitrogens with one attached hydrogen (secondary N) is 1. The summed E-state index contributed by atoms with van der Waals surface area (Å²) in [4.78, 5) is 17.6. The van der Waals surface area contributed by atoms with Crippen molar-refractivity contribution in [3.05, 3.63) is 65.9 Å². The van der Waals surface area contributed by atoms with Crippen LogP contribution in [-0.2, 0) is 11.3 Å². The molecule has 6 heteroatoms. The van der Waals surface area contributed by atoms with Crippen molar-refractivity contribution >= 4 is 16.8 Å². The molecule has 2 aromatic carbocycles. The van der Waals surface area contributed by atoms with Crippen LogP contribution in [0.5, 0.6) is 5.75 Å². The van der Waals surface area contributed by atoms with Gasteiger partial charge in [0.25, 0.3) is 5.91 Å². The average molecular weight is 358 g/mol. The van der Waals surface area contributed by atoms with Crippen molar-refractivity contribution < 1.29 is 18.3 Å². The zero-order valence-electron chi connectivity index (χ0n) is 14.6. The van der Waals surface area contributed by atoms with Gasteiger partial charge < -0.3 is 14.6 Å². The molecule has 1 atom stereocenters. The van der Waals surface area contributed by atoms with Gasteiger partial charge >= 0.3 is 0 Å². The van der Waals surface area contributed by atoms with Crippen LogP contribution in [-0.4, -0.2) is 28.4 Å². The maximum atomic E-state index is 13.3. The molecule has 1 amide bonds. The molecule has 0 bridgehead atoms. The van der Waals surface area contributed by atoms with E-state index in [1.807, 2.05) is 37.4 Å². The van der Waals surface area contributed by atoms with E-state index < -0.39 is 17.7 Å². The van der Waals surface area contributed by atoms with Gasteiger partial charge in [-0.15, -0.1) is 0 Å². The molecular weight excluding hydrogens is 338 g/mol. The number of para-hydroxylation sites is 1. The highest BCUT2D eigenvalue weighted by molar-refractivity contribution is 5.85. The minimum absolute atomic E-state index is 0.118. The first-order valence-corrected chi connectivity index (χ1v) is 8.45. The molecule has 0 saturated heterocycles. The van der Waals surface area contributed by atoms with Crippen molar-refractivity contribution in [2.45, 2.75) is 26.5 Å². The molecular formula is C20H20F2N2O2. The molecule has 0 aliphatic rings. The van der Waals surface area contributed by atoms with E-state index in [4.69, 9.17) is 4.74 Å². The lowest BCUT2D eigenvalue weighted by Crippen LogP contribution is -2.39. The van der Waals surface area contributed by atoms with Gasteiger partial charge in [-0.25, -0.2) is 8.78 Å². The molecule has 136 valence electrons. The Labute approximate surface area is 150 Å². The van der Waals surface area contributed by atoms with Gasteiger partial charge in [-0.2, -0.15) is 0 Å². The molecule has 4 nitrogen and oxygen atoms in total. The van der Waals surface area contributed by atoms with Crippen molar-refractivity contribution in [3.8, 4) is 5.75 Å². The molecule has 0 aliphatic carbocycles. The van der Waals surface area contributed by atoms with E-state index >= 15 is 0 Å². The van der Waals surface area contributed by atoms with Crippen LogP contribution < -0.4 is 4.74 Å². The van der Waals surface area contributed by atoms with Crippen LogP contribution in [0.3, 0.4) is 0 Å². The molecule has 3 aromatic rings. The minimum Gasteiger partial charge on any atom is -0.481 e. The van der Waals surface area contributed by atoms with E-state index in [-0.39, 0.29) is 11.7 Å². The molecule has 26 heavy (non-hydrogen) atoms. The molecule has 1 aromatic heterocycles. The van der Waals surface area contributed by atoms with E-state index in [2.05, 4.69) is 4.98 Å². The normalized spacial score (nSPS) is 12.2. The lowest BCUT2D eigenvalue weighted by Gasteiger charge is -2.24. The number of hydrogen-bond acceptors (Lipinski definition) is 2. The van der Waals surface area contributed by atoms with Crippen molar-refractivity contribution in [2.75, 3.05) is 6.54 Å². The zero-order valence-corrected chi connectivity index (χ0v) is 14.6. The van der Waals surface area contributed by atoms with E-state index in [0.29, 0.717) is 13.1 Å². The number of H-pyrrole nitrogens is 1. The summed E-state index contributed by atoms with van der Waals surface area (Å²) in [6.45, 7) is 4.42. The number of aromatic nitrogens is 1. The SMILES string of the molecule is CCN(Cc1c[nH]c2ccccc12)C(=O)[C@H](C)Oc1ccc(F)c(F)c1. The van der Waals surface area contributed by atoms with Crippen molar-refractivity contribution in [1.82, 2.24) is 9.88 Å². The van der Waals surface area contributed by atoms with Crippen molar-refractivity contribution in [1.29, 1.82) is 0 Å². The minimum atomic E-state index is -1.01. The summed E-state index contributed by atoms with van der Waals surface area (Å²) in [5.74, 6) is -2.06. The molecule has 1 heterocycles. The number of fused-ring (bicyclic) bond motifs is 1. The molecule has 0 fully saturated rings. The van der Waals surface area contributed by atoms with E-state index in [1.165, 1.54) is 6.07 Å². The second kappa shape index (κ2) is 7.56. The third-order valence-electron chi connectivity index (χ3n) is 4.28. The fourth-order valence-corrected chi connectivity index (χ4v) is 2.88. The quantitative estimate of drug-likeness (QED) is 0.715. The predicted octanol–water partition coefficient (Wildman–Crippen LogP) is 4.26. The highest BCUT2D eigenvalue weighted by Gasteiger charge is 2.22. The molecule has 0 spiro atoms. The Bertz CT molecular complexity index is 923. The number of carbonyl (C=O) groups is 1. The Morgan fingerprint density at radius 2 is 1.96 bits per heavy atom. The van der Waals surface area contributed by atoms with Crippen LogP contribution in [0.4, 0.5) is 8.78 Å². The van der Waals surface area contributed by atoms with Crippen LogP contribution in [0.1, 0.15) is 19.4 Å². The van der Waals surface area contributed by atoms with Gasteiger partial charge in [-0.3, -0.25) is 4.79 Å². The zero-order chi connectivity index (χ0) is 18.7. The lowest BCUT2D eigenvalue weighted by atomic mass is 10.1. The second-order valence-corrected chi connectivity index (χ2v) is 6.05. The van der Waals surface area contributed by atoms with Crippen LogP contribution in [0.2, 0.25) is 0 Å². The van der Waals surface area contributed by atoms with Crippen LogP contribution in [0, 0.1) is 11.6 Å². The van der Waals surface area contributed by atoms with Gasteiger partial charge in [0.15, 0.2) is 17.7 Å². The van der Waals surface area contributed by atoms with E-state index in [9.17, 15) is 13.6 Å². The number of carbonyl (C=O) groups excluding carboxylic acids is 1. The smallest absolute Gasteiger partial charge is 0.263 e. The number of ether oxygens (including phenoxy) is 1. The molecule has 0 radical (unpaired) electrons. The molecule has 0 saturated carbocycles. The summed E-state index contributed by atoms with van der Waals surface area (Å²) in [6.07, 6.45) is 1.08. The van der Waals surface area contributed by atoms with Gasteiger partial charge in [0.05, 0.1) is 0 Å². The molecule has 1 N–H and O–H groups in total. The van der Waals surface area contributed by atoms with Gasteiger partial charge in [-0.1, -0.05) is 18.2 Å². The first-order chi connectivity index (χ1) is 12.5. The maximum absolute atomic E-state index is 13.3. The van der Waals surface area contributed by atoms with Crippen molar-refractivity contribution in [2.24, 2.45) is 0 Å². The van der Waals surface area contributed by atoms with Crippen LogP contribution >= 0.6 is 0 Å². The van der Waals surface area contributed by atoms with Gasteiger partial charge in [0.1, 0.15) is 5.75 Å². The summed E-state index contributed by atoms with van der Waals surface area (Å²) < 4.78 is 31.8. The Kier molecular flexibility index (Phi) is 5.21. The van der Waals surface area contributed by atoms with Crippen molar-refractivity contribution in [3.63, 3.8) is 0 Å². The summed E-state index contributed by atoms with van der Waals surface area (Å²) in [6, 6.07) is 11.1. The fourth-order valence-electron chi connectivity index (χ4n) is 2.88. The fraction of sp³-hybridized carbons (Fsp3) is 0.250. The number of likely N-dealkylation sites (N-methyl/N-ethyl adjacent to an activating group) is 1. The summed E-state index contributed by atoms with van der Waals surface area (Å²) in [7, 11) is 0. The number of benzene rings is 2. The molecule has 0 aliphatic heterocycles. The Balaban J connectivity index is 1.72. The van der Waals surface area contributed by atoms with Gasteiger partial charge in [0.2, 0.25) is 0 Å². The number of halogens is 2. The monoisotopic (exact) mass is 358 g/mol. The van der Waals surface area contributed by atoms with Crippen LogP contribution in [0.25, 0.3) is 10.9 Å². The average Bonchev–Trinajstić information content (AvgIpc) is 3.05. The third kappa shape index (κ3) is 3.69. The second-order valence-electron chi connectivity index (χ2n) is 6.05. The van der Waals surface area contributed by atoms with Crippen LogP contribution in [0.15, 0.2) is 48.7 Å². The van der Waals surface area contributed by atoms with E-state index in [0.717, 1.165) is 28.6 Å². The summed E-state index contributed by atoms with van der Waals surface area (Å²) >= 11 is 0. The third-order valence-corrected chi connectivity index (χ3v) is 4.28. The number of amides is 1. The van der Waals surface area contributed by atoms with Gasteiger partial charge in [0, 0.05) is 36.3 Å². The Morgan fingerprint density at radius 3 is 2.69 bits per heavy atom. The standard InChI is InChI=1S/C20H20F2N2O2/c1-3-24(12-14-11-23-19-7-5-4-6-16(14)19)20(25)13(2)26-15-8-9-17(21)18(22)10-15/h4-11,13,23H,3,12H2,1-2H3/t13-/m0/s1. The number of hydrogen-bond donors (Lipinski definition) is 1. The first kappa shape index (κ1) is 17.9. The topological polar surface area (TPSA) is 45.3 Å². The Hall–Kier alpha value is -2.89. The first-order valence-electron chi connectivity index (χ1n) is 8.45. The summed E-state index contributed by atoms with van der Waals surface area (Å²) in [5.41, 5.74) is 2.02. The predicted molar refractivity (Wildman–Crippen MR) is 95.8 cm³/mol. The number of nitrogens with zero attached hydrogens (tertiary/aromatic N) is 1. The highest BCUT2D eigenvalue weighted by Crippen LogP contribution is 2.21. The lowest BCUT2D eigenvalue weighted by molar-refractivity contribution is -0.138. The Morgan fingerprint density at radius 1 is 1.19 bits per heavy atom. The van der Waals surface area contributed by atoms with Gasteiger partial charge in [-0.05, 0) is 37.6 Å². The number of aromatic amines is 1.